The maximum Gasteiger partial charge on any atom is 0.317 e. The van der Waals surface area contributed by atoms with Crippen LogP contribution in [0.5, 0.6) is 0 Å². The zero-order valence-electron chi connectivity index (χ0n) is 11.0. The molecule has 1 rings (SSSR count). The van der Waals surface area contributed by atoms with Crippen LogP contribution in [0, 0.1) is 0 Å². The van der Waals surface area contributed by atoms with E-state index in [9.17, 15) is 4.79 Å². The Balaban J connectivity index is 2.71. The van der Waals surface area contributed by atoms with Crippen molar-refractivity contribution in [2.75, 3.05) is 6.54 Å². The molecule has 0 fully saturated rings. The fourth-order valence-corrected chi connectivity index (χ4v) is 1.78. The highest BCUT2D eigenvalue weighted by molar-refractivity contribution is 5.69. The van der Waals surface area contributed by atoms with E-state index in [4.69, 9.17) is 10.2 Å². The molecule has 1 unspecified atom stereocenters. The number of aliphatic hydroxyl groups is 1. The van der Waals surface area contributed by atoms with E-state index in [1.54, 1.807) is 0 Å². The molecule has 1 atom stereocenters. The van der Waals surface area contributed by atoms with Gasteiger partial charge in [0.15, 0.2) is 0 Å². The predicted molar refractivity (Wildman–Crippen MR) is 70.2 cm³/mol. The van der Waals surface area contributed by atoms with Gasteiger partial charge in [-0.15, -0.1) is 0 Å². The first kappa shape index (κ1) is 14.7. The fraction of sp³-hybridized carbons (Fsp3) is 0.500. The Morgan fingerprint density at radius 3 is 2.28 bits per heavy atom. The summed E-state index contributed by atoms with van der Waals surface area (Å²) < 4.78 is 0. The van der Waals surface area contributed by atoms with Crippen LogP contribution in [0.15, 0.2) is 24.3 Å². The van der Waals surface area contributed by atoms with Gasteiger partial charge in [-0.25, -0.2) is 0 Å². The minimum atomic E-state index is -0.803. The maximum absolute atomic E-state index is 10.8. The van der Waals surface area contributed by atoms with E-state index in [2.05, 4.69) is 0 Å². The molecule has 1 aromatic carbocycles. The molecular formula is C14H21NO3. The first-order valence-electron chi connectivity index (χ1n) is 6.21. The third-order valence-electron chi connectivity index (χ3n) is 3.14. The smallest absolute Gasteiger partial charge is 0.317 e. The third-order valence-corrected chi connectivity index (χ3v) is 3.14. The number of hydrogen-bond donors (Lipinski definition) is 2. The van der Waals surface area contributed by atoms with Crippen LogP contribution in [0.2, 0.25) is 0 Å². The molecule has 0 amide bonds. The number of rotatable bonds is 7. The Morgan fingerprint density at radius 2 is 1.83 bits per heavy atom. The Kier molecular flexibility index (Phi) is 5.82. The molecule has 0 bridgehead atoms. The first-order valence-corrected chi connectivity index (χ1v) is 6.21. The number of nitrogens with zero attached hydrogens (tertiary/aromatic N) is 1. The Bertz CT molecular complexity index is 375. The van der Waals surface area contributed by atoms with E-state index in [0.29, 0.717) is 6.54 Å². The average molecular weight is 251 g/mol. The van der Waals surface area contributed by atoms with Gasteiger partial charge in [0.1, 0.15) is 0 Å². The molecular weight excluding hydrogens is 230 g/mol. The topological polar surface area (TPSA) is 60.8 Å². The zero-order valence-corrected chi connectivity index (χ0v) is 11.0. The molecule has 100 valence electrons. The lowest BCUT2D eigenvalue weighted by Crippen LogP contribution is -2.36. The second kappa shape index (κ2) is 7.13. The van der Waals surface area contributed by atoms with Crippen LogP contribution in [0.1, 0.15) is 31.4 Å². The van der Waals surface area contributed by atoms with Crippen molar-refractivity contribution in [3.63, 3.8) is 0 Å². The molecule has 0 aliphatic carbocycles. The molecule has 2 N–H and O–H groups in total. The number of benzene rings is 1. The van der Waals surface area contributed by atoms with Gasteiger partial charge in [-0.1, -0.05) is 31.2 Å². The number of carboxylic acid groups (broad SMARTS) is 1. The number of aliphatic carboxylic acids is 1. The van der Waals surface area contributed by atoms with E-state index in [1.807, 2.05) is 43.0 Å². The van der Waals surface area contributed by atoms with Crippen molar-refractivity contribution in [2.24, 2.45) is 0 Å². The highest BCUT2D eigenvalue weighted by Gasteiger charge is 2.15. The lowest BCUT2D eigenvalue weighted by molar-refractivity contribution is -0.139. The van der Waals surface area contributed by atoms with Gasteiger partial charge in [0.25, 0.3) is 0 Å². The van der Waals surface area contributed by atoms with Crippen LogP contribution in [0.3, 0.4) is 0 Å². The number of aliphatic hydroxyl groups excluding tert-OH is 1. The summed E-state index contributed by atoms with van der Waals surface area (Å²) in [6, 6.07) is 7.83. The Hall–Kier alpha value is -1.39. The predicted octanol–water partition coefficient (Wildman–Crippen LogP) is 1.86. The summed E-state index contributed by atoms with van der Waals surface area (Å²) in [6.07, 6.45) is 0.919. The normalized spacial score (nSPS) is 12.7. The molecule has 0 radical (unpaired) electrons. The number of carbonyl (C=O) groups is 1. The van der Waals surface area contributed by atoms with Crippen LogP contribution in [-0.2, 0) is 17.9 Å². The van der Waals surface area contributed by atoms with Crippen molar-refractivity contribution in [1.82, 2.24) is 4.90 Å². The van der Waals surface area contributed by atoms with Crippen molar-refractivity contribution in [3.05, 3.63) is 35.4 Å². The summed E-state index contributed by atoms with van der Waals surface area (Å²) in [4.78, 5) is 12.8. The molecule has 0 heterocycles. The zero-order chi connectivity index (χ0) is 13.5. The van der Waals surface area contributed by atoms with Gasteiger partial charge in [0.2, 0.25) is 0 Å². The summed E-state index contributed by atoms with van der Waals surface area (Å²) in [7, 11) is 0. The molecule has 0 aromatic heterocycles. The van der Waals surface area contributed by atoms with E-state index in [-0.39, 0.29) is 19.2 Å². The highest BCUT2D eigenvalue weighted by Crippen LogP contribution is 2.11. The van der Waals surface area contributed by atoms with E-state index < -0.39 is 5.97 Å². The average Bonchev–Trinajstić information content (AvgIpc) is 2.37. The van der Waals surface area contributed by atoms with Gasteiger partial charge in [-0.05, 0) is 24.5 Å². The van der Waals surface area contributed by atoms with Crippen LogP contribution >= 0.6 is 0 Å². The second-order valence-corrected chi connectivity index (χ2v) is 4.53. The Morgan fingerprint density at radius 1 is 1.28 bits per heavy atom. The third kappa shape index (κ3) is 4.47. The van der Waals surface area contributed by atoms with Gasteiger partial charge in [-0.3, -0.25) is 9.69 Å². The second-order valence-electron chi connectivity index (χ2n) is 4.53. The molecule has 0 aliphatic heterocycles. The summed E-state index contributed by atoms with van der Waals surface area (Å²) in [6.45, 7) is 4.79. The van der Waals surface area contributed by atoms with Crippen LogP contribution in [-0.4, -0.2) is 33.7 Å². The van der Waals surface area contributed by atoms with Gasteiger partial charge in [-0.2, -0.15) is 0 Å². The largest absolute Gasteiger partial charge is 0.480 e. The Labute approximate surface area is 108 Å². The molecule has 0 aliphatic rings. The summed E-state index contributed by atoms with van der Waals surface area (Å²) in [5, 5.41) is 17.9. The van der Waals surface area contributed by atoms with Crippen molar-refractivity contribution in [2.45, 2.75) is 39.5 Å². The molecule has 4 nitrogen and oxygen atoms in total. The van der Waals surface area contributed by atoms with Crippen LogP contribution in [0.4, 0.5) is 0 Å². The van der Waals surface area contributed by atoms with Crippen molar-refractivity contribution >= 4 is 5.97 Å². The molecule has 0 saturated carbocycles. The molecule has 0 spiro atoms. The van der Waals surface area contributed by atoms with Crippen molar-refractivity contribution in [3.8, 4) is 0 Å². The summed E-state index contributed by atoms with van der Waals surface area (Å²) in [5.74, 6) is -0.803. The van der Waals surface area contributed by atoms with Gasteiger partial charge in [0.05, 0.1) is 13.2 Å². The lowest BCUT2D eigenvalue weighted by Gasteiger charge is -2.26. The van der Waals surface area contributed by atoms with Gasteiger partial charge >= 0.3 is 5.97 Å². The molecule has 4 heteroatoms. The van der Waals surface area contributed by atoms with E-state index in [0.717, 1.165) is 17.5 Å². The first-order chi connectivity index (χ1) is 8.56. The van der Waals surface area contributed by atoms with Crippen molar-refractivity contribution < 1.29 is 15.0 Å². The summed E-state index contributed by atoms with van der Waals surface area (Å²) >= 11 is 0. The minimum Gasteiger partial charge on any atom is -0.480 e. The standard InChI is InChI=1S/C14H21NO3/c1-3-11(2)15(9-14(17)18)8-12-4-6-13(10-16)7-5-12/h4-7,11,16H,3,8-10H2,1-2H3,(H,17,18). The van der Waals surface area contributed by atoms with Crippen LogP contribution in [0.25, 0.3) is 0 Å². The summed E-state index contributed by atoms with van der Waals surface area (Å²) in [5.41, 5.74) is 1.93. The molecule has 0 saturated heterocycles. The van der Waals surface area contributed by atoms with Crippen LogP contribution < -0.4 is 0 Å². The fourth-order valence-electron chi connectivity index (χ4n) is 1.78. The van der Waals surface area contributed by atoms with Gasteiger partial charge < -0.3 is 10.2 Å². The number of carboxylic acids is 1. The number of hydrogen-bond acceptors (Lipinski definition) is 3. The van der Waals surface area contributed by atoms with E-state index in [1.165, 1.54) is 0 Å². The SMILES string of the molecule is CCC(C)N(CC(=O)O)Cc1ccc(CO)cc1. The quantitative estimate of drug-likeness (QED) is 0.776. The highest BCUT2D eigenvalue weighted by atomic mass is 16.4. The monoisotopic (exact) mass is 251 g/mol. The van der Waals surface area contributed by atoms with Gasteiger partial charge in [0, 0.05) is 12.6 Å². The lowest BCUT2D eigenvalue weighted by atomic mass is 10.1. The maximum atomic E-state index is 10.8. The molecule has 1 aromatic rings. The minimum absolute atomic E-state index is 0.0322. The van der Waals surface area contributed by atoms with Crippen molar-refractivity contribution in [1.29, 1.82) is 0 Å². The van der Waals surface area contributed by atoms with E-state index >= 15 is 0 Å². The molecule has 18 heavy (non-hydrogen) atoms.